The number of furan rings is 1. The molecule has 0 aliphatic rings. The predicted octanol–water partition coefficient (Wildman–Crippen LogP) is 4.35. The van der Waals surface area contributed by atoms with Gasteiger partial charge in [-0.3, -0.25) is 4.79 Å². The van der Waals surface area contributed by atoms with Crippen LogP contribution < -0.4 is 21.5 Å². The Hall–Kier alpha value is -4.48. The maximum Gasteiger partial charge on any atom is 0.244 e. The van der Waals surface area contributed by atoms with E-state index in [0.717, 1.165) is 43.8 Å². The summed E-state index contributed by atoms with van der Waals surface area (Å²) >= 11 is 0. The third-order valence-corrected chi connectivity index (χ3v) is 7.24. The van der Waals surface area contributed by atoms with Crippen LogP contribution >= 0.6 is 0 Å². The Kier molecular flexibility index (Phi) is 6.59. The monoisotopic (exact) mass is 572 g/mol. The SMILES string of the molecule is O=C(C[n+]1ccn(C(c2ccccc2)c2ccc3oc4ccccc4c3c2)c1)c1ccc2ccccc2c1.[Br-]. The predicted molar refractivity (Wildman–Crippen MR) is 150 cm³/mol. The molecule has 0 N–H and O–H groups in total. The van der Waals surface area contributed by atoms with Crippen molar-refractivity contribution >= 4 is 38.5 Å². The van der Waals surface area contributed by atoms with Crippen LogP contribution in [0.4, 0.5) is 0 Å². The summed E-state index contributed by atoms with van der Waals surface area (Å²) in [6.45, 7) is 0.276. The molecule has 0 radical (unpaired) electrons. The molecule has 2 aromatic heterocycles. The molecule has 5 aromatic carbocycles. The number of carbonyl (C=O) groups is 1. The molecule has 7 rings (SSSR count). The van der Waals surface area contributed by atoms with E-state index in [1.807, 2.05) is 84.0 Å². The first-order chi connectivity index (χ1) is 18.7. The van der Waals surface area contributed by atoms with Gasteiger partial charge in [-0.25, -0.2) is 9.13 Å². The summed E-state index contributed by atoms with van der Waals surface area (Å²) in [6, 6.07) is 39.0. The molecule has 0 aliphatic heterocycles. The largest absolute Gasteiger partial charge is 1.00 e. The van der Waals surface area contributed by atoms with Gasteiger partial charge in [0.1, 0.15) is 23.6 Å². The highest BCUT2D eigenvalue weighted by atomic mass is 79.9. The summed E-state index contributed by atoms with van der Waals surface area (Å²) in [4.78, 5) is 13.2. The van der Waals surface area contributed by atoms with Crippen molar-refractivity contribution in [1.82, 2.24) is 4.57 Å². The van der Waals surface area contributed by atoms with E-state index in [1.165, 1.54) is 5.56 Å². The molecule has 7 aromatic rings. The molecule has 0 spiro atoms. The lowest BCUT2D eigenvalue weighted by Gasteiger charge is -2.15. The van der Waals surface area contributed by atoms with E-state index >= 15 is 0 Å². The highest BCUT2D eigenvalue weighted by Gasteiger charge is 2.23. The van der Waals surface area contributed by atoms with Gasteiger partial charge in [-0.1, -0.05) is 91.0 Å². The van der Waals surface area contributed by atoms with Crippen molar-refractivity contribution in [3.05, 3.63) is 151 Å². The van der Waals surface area contributed by atoms with Gasteiger partial charge in [0.15, 0.2) is 12.6 Å². The van der Waals surface area contributed by atoms with Crippen molar-refractivity contribution in [1.29, 1.82) is 0 Å². The first-order valence-corrected chi connectivity index (χ1v) is 12.8. The van der Waals surface area contributed by atoms with Crippen molar-refractivity contribution in [2.45, 2.75) is 12.6 Å². The second-order valence-electron chi connectivity index (χ2n) is 9.69. The van der Waals surface area contributed by atoms with E-state index in [2.05, 4.69) is 59.2 Å². The number of fused-ring (bicyclic) bond motifs is 4. The molecular weight excluding hydrogens is 548 g/mol. The summed E-state index contributed by atoms with van der Waals surface area (Å²) in [7, 11) is 0. The van der Waals surface area contributed by atoms with Crippen molar-refractivity contribution in [3.8, 4) is 0 Å². The van der Waals surface area contributed by atoms with Crippen molar-refractivity contribution < 1.29 is 30.8 Å². The van der Waals surface area contributed by atoms with Crippen molar-refractivity contribution in [2.75, 3.05) is 0 Å². The van der Waals surface area contributed by atoms with E-state index in [-0.39, 0.29) is 35.4 Å². The van der Waals surface area contributed by atoms with Gasteiger partial charge in [0.25, 0.3) is 0 Å². The zero-order valence-electron chi connectivity index (χ0n) is 21.1. The van der Waals surface area contributed by atoms with Gasteiger partial charge in [0, 0.05) is 27.5 Å². The number of rotatable bonds is 6. The van der Waals surface area contributed by atoms with E-state index in [4.69, 9.17) is 4.42 Å². The Morgan fingerprint density at radius 2 is 1.46 bits per heavy atom. The molecule has 1 unspecified atom stereocenters. The first kappa shape index (κ1) is 24.8. The fourth-order valence-electron chi connectivity index (χ4n) is 5.36. The zero-order valence-corrected chi connectivity index (χ0v) is 22.7. The van der Waals surface area contributed by atoms with Gasteiger partial charge in [0.05, 0.1) is 0 Å². The Labute approximate surface area is 236 Å². The highest BCUT2D eigenvalue weighted by molar-refractivity contribution is 6.05. The molecule has 2 heterocycles. The fourth-order valence-corrected chi connectivity index (χ4v) is 5.36. The molecule has 39 heavy (non-hydrogen) atoms. The van der Waals surface area contributed by atoms with Gasteiger partial charge in [-0.2, -0.15) is 0 Å². The second-order valence-corrected chi connectivity index (χ2v) is 9.69. The molecular formula is C34H25BrN2O2. The quantitative estimate of drug-likeness (QED) is 0.219. The van der Waals surface area contributed by atoms with Crippen LogP contribution in [0.3, 0.4) is 0 Å². The number of Topliss-reactive ketones (excluding diaryl/α,β-unsaturated/α-hetero) is 1. The van der Waals surface area contributed by atoms with Crippen LogP contribution in [-0.2, 0) is 6.54 Å². The van der Waals surface area contributed by atoms with Crippen LogP contribution in [0.25, 0.3) is 32.7 Å². The highest BCUT2D eigenvalue weighted by Crippen LogP contribution is 2.33. The minimum atomic E-state index is -0.0497. The number of imidazole rings is 1. The zero-order chi connectivity index (χ0) is 25.5. The second kappa shape index (κ2) is 10.4. The van der Waals surface area contributed by atoms with Gasteiger partial charge >= 0.3 is 0 Å². The number of benzene rings is 5. The van der Waals surface area contributed by atoms with Gasteiger partial charge in [0.2, 0.25) is 12.1 Å². The average Bonchev–Trinajstić information content (AvgIpc) is 3.58. The smallest absolute Gasteiger partial charge is 0.244 e. The van der Waals surface area contributed by atoms with E-state index in [0.29, 0.717) is 0 Å². The molecule has 5 heteroatoms. The molecule has 190 valence electrons. The lowest BCUT2D eigenvalue weighted by molar-refractivity contribution is -0.682. The Balaban J connectivity index is 0.00000277. The van der Waals surface area contributed by atoms with E-state index < -0.39 is 0 Å². The normalized spacial score (nSPS) is 12.0. The summed E-state index contributed by atoms with van der Waals surface area (Å²) in [6.07, 6.45) is 6.04. The van der Waals surface area contributed by atoms with E-state index in [9.17, 15) is 4.79 Å². The lowest BCUT2D eigenvalue weighted by Crippen LogP contribution is -3.00. The summed E-state index contributed by atoms with van der Waals surface area (Å²) in [5.41, 5.74) is 4.81. The molecule has 0 aliphatic carbocycles. The average molecular weight is 573 g/mol. The first-order valence-electron chi connectivity index (χ1n) is 12.8. The molecule has 0 saturated heterocycles. The minimum absolute atomic E-state index is 0. The van der Waals surface area contributed by atoms with Crippen LogP contribution in [0.15, 0.2) is 138 Å². The molecule has 1 atom stereocenters. The summed E-state index contributed by atoms with van der Waals surface area (Å²) in [5.74, 6) is 0.0843. The molecule has 0 amide bonds. The third-order valence-electron chi connectivity index (χ3n) is 7.24. The van der Waals surface area contributed by atoms with Gasteiger partial charge in [-0.15, -0.1) is 0 Å². The molecule has 0 bridgehead atoms. The standard InChI is InChI=1S/C34H25N2O2.BrH/c37-31(27-15-14-24-8-4-5-11-26(24)20-27)22-35-18-19-36(23-35)34(25-9-2-1-3-10-25)28-16-17-33-30(21-28)29-12-6-7-13-32(29)38-33;/h1-21,23,34H,22H2;1H/q+1;/p-1. The number of nitrogens with zero attached hydrogens (tertiary/aromatic N) is 2. The van der Waals surface area contributed by atoms with Gasteiger partial charge < -0.3 is 21.4 Å². The molecule has 4 nitrogen and oxygen atoms in total. The number of ketones is 1. The van der Waals surface area contributed by atoms with Crippen LogP contribution in [0.1, 0.15) is 27.5 Å². The minimum Gasteiger partial charge on any atom is -1.00 e. The number of halogens is 1. The number of hydrogen-bond donors (Lipinski definition) is 0. The van der Waals surface area contributed by atoms with Gasteiger partial charge in [-0.05, 0) is 35.0 Å². The van der Waals surface area contributed by atoms with Crippen LogP contribution in [0.5, 0.6) is 0 Å². The maximum atomic E-state index is 13.2. The Morgan fingerprint density at radius 1 is 0.718 bits per heavy atom. The molecule has 0 fully saturated rings. The van der Waals surface area contributed by atoms with Crippen LogP contribution in [-0.4, -0.2) is 10.4 Å². The number of carbonyl (C=O) groups excluding carboxylic acids is 1. The topological polar surface area (TPSA) is 39.0 Å². The number of para-hydroxylation sites is 1. The fraction of sp³-hybridized carbons (Fsp3) is 0.0588. The summed E-state index contributed by atoms with van der Waals surface area (Å²) in [5, 5.41) is 4.42. The van der Waals surface area contributed by atoms with Crippen molar-refractivity contribution in [2.24, 2.45) is 0 Å². The Bertz CT molecular complexity index is 1940. The maximum absolute atomic E-state index is 13.2. The molecule has 0 saturated carbocycles. The lowest BCUT2D eigenvalue weighted by atomic mass is 9.97. The number of hydrogen-bond acceptors (Lipinski definition) is 2. The van der Waals surface area contributed by atoms with Crippen molar-refractivity contribution in [3.63, 3.8) is 0 Å². The third kappa shape index (κ3) is 4.66. The number of aromatic nitrogens is 2. The van der Waals surface area contributed by atoms with Crippen LogP contribution in [0, 0.1) is 0 Å². The Morgan fingerprint density at radius 3 is 2.33 bits per heavy atom. The summed E-state index contributed by atoms with van der Waals surface area (Å²) < 4.78 is 10.2. The van der Waals surface area contributed by atoms with E-state index in [1.54, 1.807) is 0 Å². The van der Waals surface area contributed by atoms with Crippen LogP contribution in [0.2, 0.25) is 0 Å².